The molecule has 0 amide bonds. The second-order valence-corrected chi connectivity index (χ2v) is 5.21. The molecule has 5 heteroatoms. The summed E-state index contributed by atoms with van der Waals surface area (Å²) in [6.07, 6.45) is -0.448. The van der Waals surface area contributed by atoms with Gasteiger partial charge in [0.05, 0.1) is 6.10 Å². The minimum absolute atomic E-state index is 0.105. The molecule has 0 aliphatic rings. The molecule has 20 heavy (non-hydrogen) atoms. The molecule has 0 aromatic heterocycles. The van der Waals surface area contributed by atoms with Gasteiger partial charge in [-0.1, -0.05) is 35.3 Å². The first kappa shape index (κ1) is 15.1. The van der Waals surface area contributed by atoms with E-state index in [1.807, 2.05) is 0 Å². The zero-order valence-corrected chi connectivity index (χ0v) is 12.0. The Balaban J connectivity index is 1.90. The highest BCUT2D eigenvalue weighted by atomic mass is 35.5. The van der Waals surface area contributed by atoms with Crippen molar-refractivity contribution in [2.24, 2.45) is 0 Å². The van der Waals surface area contributed by atoms with Crippen LogP contribution in [0, 0.1) is 5.82 Å². The predicted molar refractivity (Wildman–Crippen MR) is 78.1 cm³/mol. The molecule has 2 nitrogen and oxygen atoms in total. The Hall–Kier alpha value is -1.29. The van der Waals surface area contributed by atoms with Crippen molar-refractivity contribution in [2.45, 2.75) is 12.5 Å². The monoisotopic (exact) mass is 314 g/mol. The van der Waals surface area contributed by atoms with Gasteiger partial charge in [0.2, 0.25) is 0 Å². The van der Waals surface area contributed by atoms with Crippen LogP contribution in [0.15, 0.2) is 42.5 Å². The van der Waals surface area contributed by atoms with E-state index in [1.54, 1.807) is 30.3 Å². The van der Waals surface area contributed by atoms with Crippen LogP contribution < -0.4 is 4.74 Å². The fourth-order valence-corrected chi connectivity index (χ4v) is 2.17. The van der Waals surface area contributed by atoms with Gasteiger partial charge in [-0.3, -0.25) is 0 Å². The molecule has 2 aromatic carbocycles. The maximum atomic E-state index is 12.9. The molecule has 0 radical (unpaired) electrons. The zero-order chi connectivity index (χ0) is 14.5. The number of hydrogen-bond donors (Lipinski definition) is 1. The first-order valence-electron chi connectivity index (χ1n) is 6.05. The van der Waals surface area contributed by atoms with Gasteiger partial charge >= 0.3 is 0 Å². The lowest BCUT2D eigenvalue weighted by Gasteiger charge is -2.13. The fraction of sp³-hybridized carbons (Fsp3) is 0.200. The summed E-state index contributed by atoms with van der Waals surface area (Å²) in [5.74, 6) is 0.185. The maximum Gasteiger partial charge on any atom is 0.124 e. The van der Waals surface area contributed by atoms with Gasteiger partial charge in [0, 0.05) is 16.5 Å². The van der Waals surface area contributed by atoms with Crippen molar-refractivity contribution in [3.8, 4) is 5.75 Å². The van der Waals surface area contributed by atoms with Crippen LogP contribution in [-0.2, 0) is 6.42 Å². The van der Waals surface area contributed by atoms with Gasteiger partial charge < -0.3 is 9.84 Å². The summed E-state index contributed by atoms with van der Waals surface area (Å²) in [5.41, 5.74) is 0.676. The third-order valence-electron chi connectivity index (χ3n) is 2.71. The highest BCUT2D eigenvalue weighted by Gasteiger charge is 2.10. The van der Waals surface area contributed by atoms with Crippen molar-refractivity contribution in [2.75, 3.05) is 6.61 Å². The maximum absolute atomic E-state index is 12.9. The summed E-state index contributed by atoms with van der Waals surface area (Å²) < 4.78 is 18.3. The van der Waals surface area contributed by atoms with Crippen molar-refractivity contribution in [1.82, 2.24) is 0 Å². The van der Waals surface area contributed by atoms with Crippen LogP contribution in [0.5, 0.6) is 5.75 Å². The lowest BCUT2D eigenvalue weighted by molar-refractivity contribution is 0.108. The third-order valence-corrected chi connectivity index (χ3v) is 3.30. The quantitative estimate of drug-likeness (QED) is 0.899. The zero-order valence-electron chi connectivity index (χ0n) is 10.5. The number of rotatable bonds is 5. The van der Waals surface area contributed by atoms with Gasteiger partial charge in [-0.2, -0.15) is 0 Å². The molecule has 2 rings (SSSR count). The Labute approximate surface area is 126 Å². The first-order chi connectivity index (χ1) is 9.54. The Morgan fingerprint density at radius 2 is 1.95 bits per heavy atom. The van der Waals surface area contributed by atoms with Crippen LogP contribution >= 0.6 is 23.2 Å². The molecule has 1 unspecified atom stereocenters. The molecule has 0 aliphatic heterocycles. The van der Waals surface area contributed by atoms with E-state index in [9.17, 15) is 9.50 Å². The minimum atomic E-state index is -0.739. The number of hydrogen-bond acceptors (Lipinski definition) is 2. The van der Waals surface area contributed by atoms with Crippen molar-refractivity contribution in [1.29, 1.82) is 0 Å². The first-order valence-corrected chi connectivity index (χ1v) is 6.80. The van der Waals surface area contributed by atoms with Crippen molar-refractivity contribution in [3.05, 3.63) is 63.9 Å². The van der Waals surface area contributed by atoms with Gasteiger partial charge in [-0.25, -0.2) is 4.39 Å². The second kappa shape index (κ2) is 6.93. The molecule has 1 atom stereocenters. The molecule has 0 bridgehead atoms. The number of aliphatic hydroxyl groups excluding tert-OH is 1. The largest absolute Gasteiger partial charge is 0.491 e. The van der Waals surface area contributed by atoms with E-state index in [4.69, 9.17) is 27.9 Å². The molecule has 0 saturated heterocycles. The van der Waals surface area contributed by atoms with E-state index < -0.39 is 11.9 Å². The van der Waals surface area contributed by atoms with E-state index >= 15 is 0 Å². The van der Waals surface area contributed by atoms with Gasteiger partial charge in [0.15, 0.2) is 0 Å². The number of halogens is 3. The SMILES string of the molecule is OC(COc1cccc(Cl)c1)Cc1ccc(F)cc1Cl. The van der Waals surface area contributed by atoms with Gasteiger partial charge in [-0.15, -0.1) is 0 Å². The van der Waals surface area contributed by atoms with Crippen LogP contribution in [0.3, 0.4) is 0 Å². The molecular formula is C15H13Cl2FO2. The van der Waals surface area contributed by atoms with Crippen molar-refractivity contribution >= 4 is 23.2 Å². The van der Waals surface area contributed by atoms with E-state index in [-0.39, 0.29) is 6.61 Å². The summed E-state index contributed by atoms with van der Waals surface area (Å²) in [6.45, 7) is 0.105. The molecule has 0 saturated carbocycles. The van der Waals surface area contributed by atoms with E-state index in [1.165, 1.54) is 12.1 Å². The summed E-state index contributed by atoms with van der Waals surface area (Å²) in [6, 6.07) is 11.0. The van der Waals surface area contributed by atoms with E-state index in [2.05, 4.69) is 0 Å². The highest BCUT2D eigenvalue weighted by Crippen LogP contribution is 2.20. The fourth-order valence-electron chi connectivity index (χ4n) is 1.75. The molecule has 1 N–H and O–H groups in total. The summed E-state index contributed by atoms with van der Waals surface area (Å²) in [5, 5.41) is 10.8. The summed E-state index contributed by atoms with van der Waals surface area (Å²) in [7, 11) is 0. The summed E-state index contributed by atoms with van der Waals surface area (Å²) >= 11 is 11.7. The lowest BCUT2D eigenvalue weighted by Crippen LogP contribution is -2.20. The number of ether oxygens (including phenoxy) is 1. The topological polar surface area (TPSA) is 29.5 Å². The normalized spacial score (nSPS) is 12.2. The van der Waals surface area contributed by atoms with Crippen LogP contribution in [0.4, 0.5) is 4.39 Å². The Bertz CT molecular complexity index is 590. The molecule has 0 aliphatic carbocycles. The Morgan fingerprint density at radius 1 is 1.15 bits per heavy atom. The predicted octanol–water partition coefficient (Wildman–Crippen LogP) is 4.11. The average Bonchev–Trinajstić information content (AvgIpc) is 2.40. The smallest absolute Gasteiger partial charge is 0.124 e. The molecule has 0 heterocycles. The van der Waals surface area contributed by atoms with Gasteiger partial charge in [0.25, 0.3) is 0 Å². The third kappa shape index (κ3) is 4.37. The summed E-state index contributed by atoms with van der Waals surface area (Å²) in [4.78, 5) is 0. The lowest BCUT2D eigenvalue weighted by atomic mass is 10.1. The minimum Gasteiger partial charge on any atom is -0.491 e. The Kier molecular flexibility index (Phi) is 5.24. The van der Waals surface area contributed by atoms with E-state index in [0.29, 0.717) is 27.8 Å². The highest BCUT2D eigenvalue weighted by molar-refractivity contribution is 6.31. The second-order valence-electron chi connectivity index (χ2n) is 4.36. The van der Waals surface area contributed by atoms with Crippen LogP contribution in [0.25, 0.3) is 0 Å². The van der Waals surface area contributed by atoms with Crippen molar-refractivity contribution in [3.63, 3.8) is 0 Å². The standard InChI is InChI=1S/C15H13Cl2FO2/c16-11-2-1-3-14(7-11)20-9-13(19)6-10-4-5-12(18)8-15(10)17/h1-5,7-8,13,19H,6,9H2. The van der Waals surface area contributed by atoms with Gasteiger partial charge in [0.1, 0.15) is 18.2 Å². The molecule has 0 spiro atoms. The van der Waals surface area contributed by atoms with Crippen LogP contribution in [0.2, 0.25) is 10.0 Å². The van der Waals surface area contributed by atoms with Crippen LogP contribution in [0.1, 0.15) is 5.56 Å². The van der Waals surface area contributed by atoms with Crippen molar-refractivity contribution < 1.29 is 14.2 Å². The number of aliphatic hydroxyl groups is 1. The average molecular weight is 315 g/mol. The molecule has 2 aromatic rings. The van der Waals surface area contributed by atoms with Gasteiger partial charge in [-0.05, 0) is 35.9 Å². The molecule has 0 fully saturated rings. The number of benzene rings is 2. The Morgan fingerprint density at radius 3 is 2.65 bits per heavy atom. The van der Waals surface area contributed by atoms with Crippen LogP contribution in [-0.4, -0.2) is 17.8 Å². The molecular weight excluding hydrogens is 302 g/mol. The molecule has 106 valence electrons. The van der Waals surface area contributed by atoms with E-state index in [0.717, 1.165) is 0 Å².